The molecule has 3 rings (SSSR count). The maximum absolute atomic E-state index is 12.8. The lowest BCUT2D eigenvalue weighted by molar-refractivity contribution is 0.0758. The number of aromatic nitrogens is 1. The first-order chi connectivity index (χ1) is 12.0. The molecule has 0 bridgehead atoms. The highest BCUT2D eigenvalue weighted by Crippen LogP contribution is 2.18. The van der Waals surface area contributed by atoms with E-state index in [0.29, 0.717) is 39.1 Å². The molecule has 3 heterocycles. The van der Waals surface area contributed by atoms with Crippen LogP contribution in [0.25, 0.3) is 0 Å². The van der Waals surface area contributed by atoms with Crippen molar-refractivity contribution in [2.45, 2.75) is 25.7 Å². The predicted molar refractivity (Wildman–Crippen MR) is 93.5 cm³/mol. The zero-order valence-corrected chi connectivity index (χ0v) is 15.0. The maximum atomic E-state index is 12.8. The molecule has 8 nitrogen and oxygen atoms in total. The van der Waals surface area contributed by atoms with Crippen LogP contribution < -0.4 is 5.56 Å². The van der Waals surface area contributed by atoms with Crippen molar-refractivity contribution in [3.05, 3.63) is 34.2 Å². The molecule has 2 aliphatic rings. The molecule has 0 aliphatic carbocycles. The first kappa shape index (κ1) is 18.1. The molecule has 2 aliphatic heterocycles. The van der Waals surface area contributed by atoms with E-state index in [1.165, 1.54) is 16.4 Å². The highest BCUT2D eigenvalue weighted by Gasteiger charge is 2.32. The van der Waals surface area contributed by atoms with Crippen molar-refractivity contribution in [2.24, 2.45) is 0 Å². The lowest BCUT2D eigenvalue weighted by Crippen LogP contribution is -2.47. The molecule has 2 saturated heterocycles. The Labute approximate surface area is 147 Å². The maximum Gasteiger partial charge on any atom is 0.282 e. The van der Waals surface area contributed by atoms with E-state index in [-0.39, 0.29) is 23.7 Å². The quantitative estimate of drug-likeness (QED) is 0.828. The summed E-state index contributed by atoms with van der Waals surface area (Å²) in [6.45, 7) is 2.64. The molecule has 0 spiro atoms. The standard InChI is InChI=1S/C16H24N4O4S/c21-15-7-4-6-14(17-15)16(22)18-8-5-11-20(13-12-18)25(23,24)19-9-2-1-3-10-19/h4,6-7H,1-3,5,8-13H2,(H,17,21). The third-order valence-corrected chi connectivity index (χ3v) is 6.74. The molecule has 9 heteroatoms. The van der Waals surface area contributed by atoms with Crippen LogP contribution >= 0.6 is 0 Å². The Morgan fingerprint density at radius 3 is 2.28 bits per heavy atom. The van der Waals surface area contributed by atoms with Gasteiger partial charge in [-0.25, -0.2) is 0 Å². The van der Waals surface area contributed by atoms with Crippen molar-refractivity contribution < 1.29 is 13.2 Å². The van der Waals surface area contributed by atoms with Gasteiger partial charge in [-0.2, -0.15) is 17.0 Å². The average molecular weight is 368 g/mol. The molecule has 1 N–H and O–H groups in total. The van der Waals surface area contributed by atoms with E-state index in [1.54, 1.807) is 15.3 Å². The third kappa shape index (κ3) is 4.10. The van der Waals surface area contributed by atoms with E-state index in [4.69, 9.17) is 0 Å². The summed E-state index contributed by atoms with van der Waals surface area (Å²) in [4.78, 5) is 28.1. The summed E-state index contributed by atoms with van der Waals surface area (Å²) in [6.07, 6.45) is 3.46. The van der Waals surface area contributed by atoms with Crippen LogP contribution in [0.15, 0.2) is 23.0 Å². The minimum absolute atomic E-state index is 0.236. The Hall–Kier alpha value is -1.71. The van der Waals surface area contributed by atoms with Crippen LogP contribution in [0.5, 0.6) is 0 Å². The number of H-pyrrole nitrogens is 1. The second-order valence-corrected chi connectivity index (χ2v) is 8.37. The summed E-state index contributed by atoms with van der Waals surface area (Å²) >= 11 is 0. The van der Waals surface area contributed by atoms with E-state index in [1.807, 2.05) is 0 Å². The van der Waals surface area contributed by atoms with Gasteiger partial charge in [-0.05, 0) is 25.3 Å². The van der Waals surface area contributed by atoms with Gasteiger partial charge in [-0.15, -0.1) is 0 Å². The molecule has 0 unspecified atom stereocenters. The number of hydrogen-bond donors (Lipinski definition) is 1. The van der Waals surface area contributed by atoms with Gasteiger partial charge in [0.2, 0.25) is 5.56 Å². The minimum atomic E-state index is -3.46. The van der Waals surface area contributed by atoms with Gasteiger partial charge in [0.15, 0.2) is 0 Å². The molecule has 1 aromatic rings. The number of amides is 1. The SMILES string of the molecule is O=C(c1cccc(=O)[nH]1)N1CCCN(S(=O)(=O)N2CCCCC2)CC1. The van der Waals surface area contributed by atoms with Crippen molar-refractivity contribution in [1.29, 1.82) is 0 Å². The summed E-state index contributed by atoms with van der Waals surface area (Å²) in [5.41, 5.74) is -0.0881. The number of hydrogen-bond acceptors (Lipinski definition) is 4. The van der Waals surface area contributed by atoms with Gasteiger partial charge in [0.25, 0.3) is 16.1 Å². The number of rotatable bonds is 3. The number of carbonyl (C=O) groups is 1. The molecule has 1 aromatic heterocycles. The van der Waals surface area contributed by atoms with E-state index in [9.17, 15) is 18.0 Å². The first-order valence-corrected chi connectivity index (χ1v) is 10.1. The lowest BCUT2D eigenvalue weighted by atomic mass is 10.2. The van der Waals surface area contributed by atoms with Crippen LogP contribution in [0.3, 0.4) is 0 Å². The molecule has 138 valence electrons. The van der Waals surface area contributed by atoms with Gasteiger partial charge in [0.1, 0.15) is 5.69 Å². The van der Waals surface area contributed by atoms with Crippen molar-refractivity contribution in [2.75, 3.05) is 39.3 Å². The Kier molecular flexibility index (Phi) is 5.55. The topological polar surface area (TPSA) is 93.8 Å². The van der Waals surface area contributed by atoms with Crippen LogP contribution in [0.1, 0.15) is 36.2 Å². The summed E-state index contributed by atoms with van der Waals surface area (Å²) in [6, 6.07) is 4.46. The fraction of sp³-hybridized carbons (Fsp3) is 0.625. The van der Waals surface area contributed by atoms with Gasteiger partial charge in [0, 0.05) is 45.3 Å². The van der Waals surface area contributed by atoms with Gasteiger partial charge in [0.05, 0.1) is 0 Å². The summed E-state index contributed by atoms with van der Waals surface area (Å²) in [5, 5.41) is 0. The van der Waals surface area contributed by atoms with Crippen LogP contribution in [0, 0.1) is 0 Å². The van der Waals surface area contributed by atoms with E-state index in [0.717, 1.165) is 19.3 Å². The Balaban J connectivity index is 1.67. The molecule has 0 atom stereocenters. The summed E-state index contributed by atoms with van der Waals surface area (Å²) in [7, 11) is -3.46. The van der Waals surface area contributed by atoms with Crippen LogP contribution in [-0.2, 0) is 10.2 Å². The van der Waals surface area contributed by atoms with Crippen molar-refractivity contribution in [3.8, 4) is 0 Å². The molecule has 0 saturated carbocycles. The molecular weight excluding hydrogens is 344 g/mol. The normalized spacial score (nSPS) is 21.0. The van der Waals surface area contributed by atoms with Crippen molar-refractivity contribution in [1.82, 2.24) is 18.5 Å². The zero-order valence-electron chi connectivity index (χ0n) is 14.2. The minimum Gasteiger partial charge on any atom is -0.336 e. The summed E-state index contributed by atoms with van der Waals surface area (Å²) < 4.78 is 28.6. The highest BCUT2D eigenvalue weighted by molar-refractivity contribution is 7.86. The number of nitrogens with zero attached hydrogens (tertiary/aromatic N) is 3. The largest absolute Gasteiger partial charge is 0.336 e. The third-order valence-electron chi connectivity index (χ3n) is 4.71. The van der Waals surface area contributed by atoms with Crippen molar-refractivity contribution >= 4 is 16.1 Å². The number of nitrogens with one attached hydrogen (secondary N) is 1. The number of piperidine rings is 1. The molecule has 0 radical (unpaired) electrons. The number of pyridine rings is 1. The second-order valence-electron chi connectivity index (χ2n) is 6.44. The number of carbonyl (C=O) groups excluding carboxylic acids is 1. The van der Waals surface area contributed by atoms with E-state index >= 15 is 0 Å². The molecule has 1 amide bonds. The molecule has 2 fully saturated rings. The fourth-order valence-corrected chi connectivity index (χ4v) is 5.05. The second kappa shape index (κ2) is 7.67. The van der Waals surface area contributed by atoms with E-state index in [2.05, 4.69) is 4.98 Å². The molecule has 0 aromatic carbocycles. The molecular formula is C16H24N4O4S. The van der Waals surface area contributed by atoms with Crippen molar-refractivity contribution in [3.63, 3.8) is 0 Å². The van der Waals surface area contributed by atoms with E-state index < -0.39 is 10.2 Å². The Morgan fingerprint density at radius 2 is 1.56 bits per heavy atom. The lowest BCUT2D eigenvalue weighted by Gasteiger charge is -2.31. The predicted octanol–water partition coefficient (Wildman–Crippen LogP) is 0.254. The van der Waals surface area contributed by atoms with Crippen LogP contribution in [-0.4, -0.2) is 72.1 Å². The van der Waals surface area contributed by atoms with Gasteiger partial charge in [-0.3, -0.25) is 9.59 Å². The highest BCUT2D eigenvalue weighted by atomic mass is 32.2. The number of aromatic amines is 1. The molecule has 25 heavy (non-hydrogen) atoms. The zero-order chi connectivity index (χ0) is 17.9. The van der Waals surface area contributed by atoms with Crippen LogP contribution in [0.2, 0.25) is 0 Å². The average Bonchev–Trinajstić information content (AvgIpc) is 2.88. The monoisotopic (exact) mass is 368 g/mol. The summed E-state index contributed by atoms with van der Waals surface area (Å²) in [5.74, 6) is -0.269. The van der Waals surface area contributed by atoms with Gasteiger partial charge in [-0.1, -0.05) is 12.5 Å². The fourth-order valence-electron chi connectivity index (χ4n) is 3.33. The van der Waals surface area contributed by atoms with Crippen LogP contribution in [0.4, 0.5) is 0 Å². The first-order valence-electron chi connectivity index (χ1n) is 8.72. The van der Waals surface area contributed by atoms with Gasteiger partial charge < -0.3 is 9.88 Å². The Bertz CT molecular complexity index is 770. The Morgan fingerprint density at radius 1 is 0.880 bits per heavy atom. The smallest absolute Gasteiger partial charge is 0.282 e. The van der Waals surface area contributed by atoms with Gasteiger partial charge >= 0.3 is 0 Å².